The van der Waals surface area contributed by atoms with E-state index in [-0.39, 0.29) is 47.2 Å². The number of anilines is 2. The SMILES string of the molecule is COC1C(O)C(COP(=O)(NCCCN(C)C)OC2CC(n3cnc4c(=O)[nH]c(N)nc43)OC2CO)OC1n1cnc2c(=O)[nH]c(N)nc21. The Morgan fingerprint density at radius 1 is 1.06 bits per heavy atom. The highest BCUT2D eigenvalue weighted by atomic mass is 31.2. The highest BCUT2D eigenvalue weighted by molar-refractivity contribution is 7.51. The highest BCUT2D eigenvalue weighted by Crippen LogP contribution is 2.49. The Hall–Kier alpha value is -3.83. The second kappa shape index (κ2) is 14.2. The molecule has 2 aliphatic heterocycles. The molecule has 0 radical (unpaired) electrons. The Bertz CT molecular complexity index is 1950. The van der Waals surface area contributed by atoms with Crippen molar-refractivity contribution in [1.29, 1.82) is 0 Å². The fourth-order valence-electron chi connectivity index (χ4n) is 5.84. The van der Waals surface area contributed by atoms with Gasteiger partial charge in [-0.3, -0.25) is 37.7 Å². The van der Waals surface area contributed by atoms with Crippen LogP contribution < -0.4 is 27.7 Å². The van der Waals surface area contributed by atoms with Crippen molar-refractivity contribution >= 4 is 42.0 Å². The number of aromatic amines is 2. The molecule has 6 rings (SSSR count). The van der Waals surface area contributed by atoms with E-state index in [1.165, 1.54) is 28.9 Å². The fraction of sp³-hybridized carbons (Fsp3) is 0.615. The van der Waals surface area contributed by atoms with Crippen LogP contribution in [0.1, 0.15) is 25.3 Å². The van der Waals surface area contributed by atoms with Crippen molar-refractivity contribution in [3.8, 4) is 0 Å². The van der Waals surface area contributed by atoms with Gasteiger partial charge in [-0.15, -0.1) is 0 Å². The number of imidazole rings is 2. The molecular weight excluding hydrogens is 671 g/mol. The summed E-state index contributed by atoms with van der Waals surface area (Å²) in [5.74, 6) is -0.257. The molecule has 0 saturated carbocycles. The number of rotatable bonds is 14. The number of fused-ring (bicyclic) bond motifs is 2. The predicted octanol–water partition coefficient (Wildman–Crippen LogP) is -1.98. The summed E-state index contributed by atoms with van der Waals surface area (Å²) in [6.07, 6.45) is -3.75. The number of hydrogen-bond donors (Lipinski definition) is 7. The van der Waals surface area contributed by atoms with Crippen molar-refractivity contribution in [2.75, 3.05) is 59.0 Å². The zero-order chi connectivity index (χ0) is 35.0. The van der Waals surface area contributed by atoms with Crippen LogP contribution in [0.5, 0.6) is 0 Å². The molecule has 8 unspecified atom stereocenters. The molecule has 8 atom stereocenters. The Kier molecular flexibility index (Phi) is 10.1. The number of H-pyrrole nitrogens is 2. The van der Waals surface area contributed by atoms with Crippen LogP contribution in [-0.4, -0.2) is 132 Å². The molecule has 0 bridgehead atoms. The molecule has 268 valence electrons. The van der Waals surface area contributed by atoms with Crippen LogP contribution in [0.4, 0.5) is 11.9 Å². The molecule has 2 fully saturated rings. The molecular formula is C26H39N12O10P. The van der Waals surface area contributed by atoms with Crippen LogP contribution in [0.2, 0.25) is 0 Å². The number of aliphatic hydroxyl groups is 2. The van der Waals surface area contributed by atoms with Gasteiger partial charge >= 0.3 is 7.75 Å². The van der Waals surface area contributed by atoms with Gasteiger partial charge in [-0.1, -0.05) is 0 Å². The van der Waals surface area contributed by atoms with E-state index in [0.29, 0.717) is 13.0 Å². The minimum absolute atomic E-state index is 0.00642. The number of hydrogen-bond acceptors (Lipinski definition) is 17. The van der Waals surface area contributed by atoms with E-state index in [2.05, 4.69) is 35.0 Å². The van der Waals surface area contributed by atoms with Gasteiger partial charge in [0.25, 0.3) is 11.1 Å². The maximum Gasteiger partial charge on any atom is 0.405 e. The third kappa shape index (κ3) is 7.10. The Morgan fingerprint density at radius 3 is 2.31 bits per heavy atom. The number of ether oxygens (including phenoxy) is 3. The average molecular weight is 711 g/mol. The Morgan fingerprint density at radius 2 is 1.69 bits per heavy atom. The lowest BCUT2D eigenvalue weighted by Gasteiger charge is -2.26. The molecule has 4 aromatic rings. The summed E-state index contributed by atoms with van der Waals surface area (Å²) in [7, 11) is 0.982. The lowest BCUT2D eigenvalue weighted by atomic mass is 10.1. The molecule has 0 aromatic carbocycles. The molecule has 49 heavy (non-hydrogen) atoms. The molecule has 2 saturated heterocycles. The summed E-state index contributed by atoms with van der Waals surface area (Å²) in [6, 6.07) is 0. The molecule has 23 heteroatoms. The van der Waals surface area contributed by atoms with Gasteiger partial charge in [0.1, 0.15) is 36.7 Å². The topological polar surface area (TPSA) is 298 Å². The van der Waals surface area contributed by atoms with Crippen LogP contribution in [0, 0.1) is 0 Å². The monoisotopic (exact) mass is 710 g/mol. The maximum absolute atomic E-state index is 14.3. The van der Waals surface area contributed by atoms with Crippen LogP contribution in [0.15, 0.2) is 22.2 Å². The van der Waals surface area contributed by atoms with Crippen LogP contribution in [0.25, 0.3) is 22.3 Å². The van der Waals surface area contributed by atoms with Crippen LogP contribution in [0.3, 0.4) is 0 Å². The predicted molar refractivity (Wildman–Crippen MR) is 171 cm³/mol. The summed E-state index contributed by atoms with van der Waals surface area (Å²) in [5.41, 5.74) is 10.7. The lowest BCUT2D eigenvalue weighted by molar-refractivity contribution is -0.0597. The number of methoxy groups -OCH3 is 1. The number of nitrogens with zero attached hydrogens (tertiary/aromatic N) is 7. The summed E-state index contributed by atoms with van der Waals surface area (Å²) in [6.45, 7) is -0.0101. The number of nitrogens with one attached hydrogen (secondary N) is 3. The Labute approximate surface area is 277 Å². The second-order valence-corrected chi connectivity index (χ2v) is 13.6. The number of nitrogen functional groups attached to an aromatic ring is 2. The van der Waals surface area contributed by atoms with Crippen LogP contribution >= 0.6 is 7.75 Å². The molecule has 6 heterocycles. The third-order valence-electron chi connectivity index (χ3n) is 8.20. The summed E-state index contributed by atoms with van der Waals surface area (Å²) < 4.78 is 46.8. The van der Waals surface area contributed by atoms with E-state index in [9.17, 15) is 24.4 Å². The zero-order valence-corrected chi connectivity index (χ0v) is 27.7. The molecule has 9 N–H and O–H groups in total. The van der Waals surface area contributed by atoms with Crippen LogP contribution in [-0.2, 0) is 27.8 Å². The zero-order valence-electron chi connectivity index (χ0n) is 26.8. The van der Waals surface area contributed by atoms with Gasteiger partial charge in [0.15, 0.2) is 28.6 Å². The van der Waals surface area contributed by atoms with E-state index >= 15 is 0 Å². The number of nitrogens with two attached hydrogens (primary N) is 2. The quantitative estimate of drug-likeness (QED) is 0.0551. The van der Waals surface area contributed by atoms with Crippen molar-refractivity contribution in [2.45, 2.75) is 55.8 Å². The molecule has 0 spiro atoms. The van der Waals surface area contributed by atoms with Gasteiger partial charge in [0.2, 0.25) is 11.9 Å². The van der Waals surface area contributed by atoms with Gasteiger partial charge in [0.05, 0.1) is 25.9 Å². The number of aliphatic hydroxyl groups excluding tert-OH is 2. The molecule has 22 nitrogen and oxygen atoms in total. The van der Waals surface area contributed by atoms with Gasteiger partial charge in [0, 0.05) is 20.1 Å². The van der Waals surface area contributed by atoms with Gasteiger partial charge in [-0.25, -0.2) is 19.6 Å². The number of aromatic nitrogens is 8. The first-order valence-electron chi connectivity index (χ1n) is 15.3. The first-order chi connectivity index (χ1) is 23.4. The summed E-state index contributed by atoms with van der Waals surface area (Å²) in [4.78, 5) is 47.8. The first-order valence-corrected chi connectivity index (χ1v) is 16.9. The second-order valence-electron chi connectivity index (χ2n) is 11.9. The van der Waals surface area contributed by atoms with Crippen molar-refractivity contribution < 1.29 is 38.0 Å². The maximum atomic E-state index is 14.3. The minimum Gasteiger partial charge on any atom is -0.394 e. The van der Waals surface area contributed by atoms with Crippen molar-refractivity contribution in [3.63, 3.8) is 0 Å². The van der Waals surface area contributed by atoms with Crippen molar-refractivity contribution in [3.05, 3.63) is 33.4 Å². The smallest absolute Gasteiger partial charge is 0.394 e. The van der Waals surface area contributed by atoms with E-state index in [4.69, 9.17) is 34.7 Å². The largest absolute Gasteiger partial charge is 0.405 e. The standard InChI is InChI=1S/C26H39N12O10P/c1-36(2)6-4-5-31-49(43,48-12-7-15(46-13(12)8-39)37-10-29-16-20(37)32-25(27)34-22(16)41)45-9-14-18(40)19(44-3)24(47-14)38-11-30-17-21(38)33-26(28)35-23(17)42/h10-15,18-19,24,39-40H,4-9H2,1-3H3,(H,31,43)(H3,27,32,34,41)(H3,28,33,35,42). The third-order valence-corrected chi connectivity index (χ3v) is 9.85. The van der Waals surface area contributed by atoms with E-state index in [0.717, 1.165) is 0 Å². The minimum atomic E-state index is -4.19. The van der Waals surface area contributed by atoms with Gasteiger partial charge in [-0.2, -0.15) is 9.97 Å². The molecule has 0 amide bonds. The normalized spacial score (nSPS) is 27.1. The first kappa shape index (κ1) is 35.0. The highest BCUT2D eigenvalue weighted by Gasteiger charge is 2.48. The van der Waals surface area contributed by atoms with Crippen molar-refractivity contribution in [2.24, 2.45) is 0 Å². The van der Waals surface area contributed by atoms with Gasteiger partial charge in [-0.05, 0) is 27.1 Å². The molecule has 2 aliphatic rings. The fourth-order valence-corrected chi connectivity index (χ4v) is 7.42. The van der Waals surface area contributed by atoms with E-state index in [1.54, 1.807) is 0 Å². The van der Waals surface area contributed by atoms with E-state index < -0.39 is 75.1 Å². The lowest BCUT2D eigenvalue weighted by Crippen LogP contribution is -2.36. The average Bonchev–Trinajstić information content (AvgIpc) is 3.82. The van der Waals surface area contributed by atoms with Crippen molar-refractivity contribution in [1.82, 2.24) is 49.0 Å². The molecule has 0 aliphatic carbocycles. The van der Waals surface area contributed by atoms with E-state index in [1.807, 2.05) is 19.0 Å². The summed E-state index contributed by atoms with van der Waals surface area (Å²) in [5, 5.41) is 24.2. The molecule has 4 aromatic heterocycles. The Balaban J connectivity index is 1.20. The summed E-state index contributed by atoms with van der Waals surface area (Å²) >= 11 is 0. The van der Waals surface area contributed by atoms with Gasteiger partial charge < -0.3 is 40.8 Å².